The summed E-state index contributed by atoms with van der Waals surface area (Å²) in [6, 6.07) is 7.84. The van der Waals surface area contributed by atoms with E-state index >= 15 is 0 Å². The SMILES string of the molecule is Cc1cc(NC(=O)c2c(C)nc3ccc(Cl)cn23)ccc1[N+](=O)[O-]. The van der Waals surface area contributed by atoms with Crippen molar-refractivity contribution in [3.8, 4) is 0 Å². The van der Waals surface area contributed by atoms with E-state index in [4.69, 9.17) is 11.6 Å². The normalized spacial score (nSPS) is 10.8. The van der Waals surface area contributed by atoms with Gasteiger partial charge in [0, 0.05) is 23.5 Å². The van der Waals surface area contributed by atoms with Crippen LogP contribution in [0.2, 0.25) is 5.02 Å². The van der Waals surface area contributed by atoms with E-state index in [1.54, 1.807) is 42.6 Å². The number of benzene rings is 1. The molecule has 24 heavy (non-hydrogen) atoms. The molecule has 0 unspecified atom stereocenters. The molecule has 1 N–H and O–H groups in total. The maximum Gasteiger partial charge on any atom is 0.274 e. The Kier molecular flexibility index (Phi) is 3.94. The van der Waals surface area contributed by atoms with Crippen LogP contribution in [-0.2, 0) is 0 Å². The number of halogens is 1. The molecule has 7 nitrogen and oxygen atoms in total. The summed E-state index contributed by atoms with van der Waals surface area (Å²) in [4.78, 5) is 27.3. The third-order valence-corrected chi connectivity index (χ3v) is 3.85. The zero-order valence-corrected chi connectivity index (χ0v) is 13.7. The molecule has 122 valence electrons. The Bertz CT molecular complexity index is 981. The van der Waals surface area contributed by atoms with Gasteiger partial charge in [-0.05, 0) is 38.1 Å². The maximum absolute atomic E-state index is 12.6. The van der Waals surface area contributed by atoms with E-state index in [0.29, 0.717) is 33.3 Å². The molecule has 1 aromatic carbocycles. The number of nitro benzene ring substituents is 1. The number of hydrogen-bond acceptors (Lipinski definition) is 4. The fourth-order valence-electron chi connectivity index (χ4n) is 2.54. The molecule has 0 aliphatic carbocycles. The lowest BCUT2D eigenvalue weighted by Crippen LogP contribution is -2.15. The summed E-state index contributed by atoms with van der Waals surface area (Å²) in [6.45, 7) is 3.35. The zero-order chi connectivity index (χ0) is 17.4. The van der Waals surface area contributed by atoms with Crippen LogP contribution in [0.3, 0.4) is 0 Å². The molecule has 0 saturated carbocycles. The zero-order valence-electron chi connectivity index (χ0n) is 12.9. The number of aromatic nitrogens is 2. The van der Waals surface area contributed by atoms with Gasteiger partial charge in [-0.15, -0.1) is 0 Å². The Hall–Kier alpha value is -2.93. The van der Waals surface area contributed by atoms with E-state index in [1.807, 2.05) is 0 Å². The third kappa shape index (κ3) is 2.81. The smallest absolute Gasteiger partial charge is 0.274 e. The average Bonchev–Trinajstić information content (AvgIpc) is 2.82. The van der Waals surface area contributed by atoms with Gasteiger partial charge in [-0.1, -0.05) is 11.6 Å². The summed E-state index contributed by atoms with van der Waals surface area (Å²) in [6.07, 6.45) is 1.62. The first-order chi connectivity index (χ1) is 11.4. The van der Waals surface area contributed by atoms with Crippen LogP contribution in [0.15, 0.2) is 36.5 Å². The van der Waals surface area contributed by atoms with E-state index < -0.39 is 4.92 Å². The first-order valence-corrected chi connectivity index (χ1v) is 7.45. The van der Waals surface area contributed by atoms with Crippen molar-refractivity contribution >= 4 is 34.5 Å². The third-order valence-electron chi connectivity index (χ3n) is 3.62. The Balaban J connectivity index is 1.96. The van der Waals surface area contributed by atoms with E-state index in [9.17, 15) is 14.9 Å². The number of aryl methyl sites for hydroxylation is 2. The second-order valence-electron chi connectivity index (χ2n) is 5.33. The largest absolute Gasteiger partial charge is 0.321 e. The fraction of sp³-hybridized carbons (Fsp3) is 0.125. The first kappa shape index (κ1) is 15.9. The standard InChI is InChI=1S/C16H13ClN4O3/c1-9-7-12(4-5-13(9)21(23)24)19-16(22)15-10(2)18-14-6-3-11(17)8-20(14)15/h3-8H,1-2H3,(H,19,22). The van der Waals surface area contributed by atoms with Gasteiger partial charge < -0.3 is 5.32 Å². The summed E-state index contributed by atoms with van der Waals surface area (Å²) in [7, 11) is 0. The summed E-state index contributed by atoms with van der Waals surface area (Å²) in [5, 5.41) is 14.1. The van der Waals surface area contributed by atoms with Crippen LogP contribution in [0.5, 0.6) is 0 Å². The second kappa shape index (κ2) is 5.93. The van der Waals surface area contributed by atoms with Crippen LogP contribution in [0.1, 0.15) is 21.7 Å². The number of nitrogens with one attached hydrogen (secondary N) is 1. The molecule has 0 fully saturated rings. The number of nitro groups is 1. The highest BCUT2D eigenvalue weighted by atomic mass is 35.5. The molecule has 3 rings (SSSR count). The molecular formula is C16H13ClN4O3. The predicted octanol–water partition coefficient (Wildman–Crippen LogP) is 3.77. The van der Waals surface area contributed by atoms with Gasteiger partial charge in [0.15, 0.2) is 0 Å². The molecule has 0 saturated heterocycles. The highest BCUT2D eigenvalue weighted by molar-refractivity contribution is 6.30. The van der Waals surface area contributed by atoms with Crippen LogP contribution in [0.4, 0.5) is 11.4 Å². The Morgan fingerprint density at radius 3 is 2.71 bits per heavy atom. The highest BCUT2D eigenvalue weighted by Crippen LogP contribution is 2.23. The molecule has 0 aliphatic rings. The lowest BCUT2D eigenvalue weighted by Gasteiger charge is -2.07. The number of hydrogen-bond donors (Lipinski definition) is 1. The molecule has 0 bridgehead atoms. The summed E-state index contributed by atoms with van der Waals surface area (Å²) in [5.74, 6) is -0.365. The predicted molar refractivity (Wildman–Crippen MR) is 90.7 cm³/mol. The average molecular weight is 345 g/mol. The van der Waals surface area contributed by atoms with Gasteiger partial charge in [0.1, 0.15) is 11.3 Å². The van der Waals surface area contributed by atoms with Gasteiger partial charge in [0.2, 0.25) is 0 Å². The van der Waals surface area contributed by atoms with Crippen LogP contribution >= 0.6 is 11.6 Å². The van der Waals surface area contributed by atoms with Crippen molar-refractivity contribution in [1.82, 2.24) is 9.38 Å². The second-order valence-corrected chi connectivity index (χ2v) is 5.77. The molecule has 2 heterocycles. The molecule has 2 aromatic heterocycles. The molecule has 0 atom stereocenters. The van der Waals surface area contributed by atoms with Gasteiger partial charge in [-0.2, -0.15) is 0 Å². The van der Waals surface area contributed by atoms with Crippen LogP contribution in [0, 0.1) is 24.0 Å². The molecule has 0 aliphatic heterocycles. The Labute approximate surface area is 142 Å². The minimum atomic E-state index is -0.461. The quantitative estimate of drug-likeness (QED) is 0.578. The number of anilines is 1. The topological polar surface area (TPSA) is 89.5 Å². The van der Waals surface area contributed by atoms with Crippen molar-refractivity contribution in [2.75, 3.05) is 5.32 Å². The van der Waals surface area contributed by atoms with Crippen molar-refractivity contribution in [3.63, 3.8) is 0 Å². The van der Waals surface area contributed by atoms with E-state index in [1.165, 1.54) is 12.1 Å². The summed E-state index contributed by atoms with van der Waals surface area (Å²) in [5.41, 5.74) is 2.49. The lowest BCUT2D eigenvalue weighted by atomic mass is 10.2. The summed E-state index contributed by atoms with van der Waals surface area (Å²) < 4.78 is 1.62. The number of carbonyl (C=O) groups excluding carboxylic acids is 1. The number of pyridine rings is 1. The number of amides is 1. The van der Waals surface area contributed by atoms with Crippen LogP contribution < -0.4 is 5.32 Å². The molecular weight excluding hydrogens is 332 g/mol. The van der Waals surface area contributed by atoms with Crippen molar-refractivity contribution in [1.29, 1.82) is 0 Å². The number of imidazole rings is 1. The van der Waals surface area contributed by atoms with Crippen molar-refractivity contribution < 1.29 is 9.72 Å². The maximum atomic E-state index is 12.6. The van der Waals surface area contributed by atoms with Gasteiger partial charge in [0.05, 0.1) is 15.6 Å². The van der Waals surface area contributed by atoms with Gasteiger partial charge >= 0.3 is 0 Å². The van der Waals surface area contributed by atoms with E-state index in [0.717, 1.165) is 0 Å². The molecule has 0 spiro atoms. The van der Waals surface area contributed by atoms with E-state index in [2.05, 4.69) is 10.3 Å². The first-order valence-electron chi connectivity index (χ1n) is 7.07. The minimum Gasteiger partial charge on any atom is -0.321 e. The van der Waals surface area contributed by atoms with Gasteiger partial charge in [-0.25, -0.2) is 4.98 Å². The molecule has 1 amide bonds. The number of rotatable bonds is 3. The van der Waals surface area contributed by atoms with Crippen molar-refractivity contribution in [2.45, 2.75) is 13.8 Å². The fourth-order valence-corrected chi connectivity index (χ4v) is 2.70. The molecule has 3 aromatic rings. The monoisotopic (exact) mass is 344 g/mol. The van der Waals surface area contributed by atoms with Crippen LogP contribution in [0.25, 0.3) is 5.65 Å². The van der Waals surface area contributed by atoms with Gasteiger partial charge in [-0.3, -0.25) is 19.3 Å². The van der Waals surface area contributed by atoms with Crippen LogP contribution in [-0.4, -0.2) is 20.2 Å². The Morgan fingerprint density at radius 1 is 1.29 bits per heavy atom. The molecule has 0 radical (unpaired) electrons. The lowest BCUT2D eigenvalue weighted by molar-refractivity contribution is -0.385. The Morgan fingerprint density at radius 2 is 2.04 bits per heavy atom. The number of nitrogens with zero attached hydrogens (tertiary/aromatic N) is 3. The highest BCUT2D eigenvalue weighted by Gasteiger charge is 2.18. The number of fused-ring (bicyclic) bond motifs is 1. The number of carbonyl (C=O) groups is 1. The van der Waals surface area contributed by atoms with Gasteiger partial charge in [0.25, 0.3) is 11.6 Å². The molecule has 8 heteroatoms. The van der Waals surface area contributed by atoms with E-state index in [-0.39, 0.29) is 11.6 Å². The minimum absolute atomic E-state index is 0.00534. The summed E-state index contributed by atoms with van der Waals surface area (Å²) >= 11 is 5.99. The van der Waals surface area contributed by atoms with Crippen molar-refractivity contribution in [2.24, 2.45) is 0 Å². The van der Waals surface area contributed by atoms with Crippen molar-refractivity contribution in [3.05, 3.63) is 68.6 Å².